The number of nitriles is 1. The van der Waals surface area contributed by atoms with Crippen molar-refractivity contribution in [2.45, 2.75) is 56.0 Å². The number of carbonyl (C=O) groups is 4. The average Bonchev–Trinajstić information content (AvgIpc) is 3.83. The number of hydrogen-bond donors (Lipinski definition) is 7. The van der Waals surface area contributed by atoms with Crippen LogP contribution >= 0.6 is 23.2 Å². The highest BCUT2D eigenvalue weighted by Gasteiger charge is 2.40. The largest absolute Gasteiger partial charge is 0.480 e. The van der Waals surface area contributed by atoms with Gasteiger partial charge in [0.15, 0.2) is 0 Å². The number of hydrogen-bond acceptors (Lipinski definition) is 8. The number of carboxylic acids is 1. The van der Waals surface area contributed by atoms with Gasteiger partial charge < -0.3 is 46.4 Å². The summed E-state index contributed by atoms with van der Waals surface area (Å²) in [6.45, 7) is 0.747. The van der Waals surface area contributed by atoms with Crippen molar-refractivity contribution >= 4 is 64.2 Å². The first-order valence-corrected chi connectivity index (χ1v) is 19.6. The third-order valence-corrected chi connectivity index (χ3v) is 10.6. The minimum atomic E-state index is -1.12. The Labute approximate surface area is 349 Å². The fourth-order valence-electron chi connectivity index (χ4n) is 6.87. The summed E-state index contributed by atoms with van der Waals surface area (Å²) >= 11 is 11.6. The van der Waals surface area contributed by atoms with Crippen molar-refractivity contribution in [1.29, 1.82) is 5.26 Å². The predicted molar refractivity (Wildman–Crippen MR) is 220 cm³/mol. The highest BCUT2D eigenvalue weighted by Crippen LogP contribution is 2.32. The molecule has 59 heavy (non-hydrogen) atoms. The van der Waals surface area contributed by atoms with E-state index >= 15 is 0 Å². The van der Waals surface area contributed by atoms with Gasteiger partial charge in [-0.15, -0.1) is 0 Å². The lowest BCUT2D eigenvalue weighted by atomic mass is 9.96. The van der Waals surface area contributed by atoms with Crippen LogP contribution in [0.15, 0.2) is 91.0 Å². The van der Waals surface area contributed by atoms with Gasteiger partial charge in [0.1, 0.15) is 17.9 Å². The molecule has 14 nitrogen and oxygen atoms in total. The van der Waals surface area contributed by atoms with E-state index in [1.54, 1.807) is 78.9 Å². The Morgan fingerprint density at radius 2 is 1.31 bits per heavy atom. The lowest BCUT2D eigenvalue weighted by Gasteiger charge is -2.25. The number of amides is 5. The third-order valence-electron chi connectivity index (χ3n) is 10.1. The monoisotopic (exact) mass is 845 g/mol. The van der Waals surface area contributed by atoms with Crippen molar-refractivity contribution in [3.63, 3.8) is 0 Å². The van der Waals surface area contributed by atoms with Crippen molar-refractivity contribution in [3.8, 4) is 6.07 Å². The zero-order chi connectivity index (χ0) is 42.2. The number of likely N-dealkylation sites (tertiary alicyclic amines) is 2. The third kappa shape index (κ3) is 11.5. The van der Waals surface area contributed by atoms with Crippen LogP contribution in [-0.4, -0.2) is 93.0 Å². The number of aliphatic carboxylic acids is 1. The average molecular weight is 847 g/mol. The number of nitrogens with zero attached hydrogens (tertiary/aromatic N) is 3. The Morgan fingerprint density at radius 3 is 1.85 bits per heavy atom. The normalized spacial score (nSPS) is 20.1. The number of anilines is 3. The van der Waals surface area contributed by atoms with Crippen molar-refractivity contribution in [2.24, 2.45) is 5.92 Å². The van der Waals surface area contributed by atoms with E-state index in [0.717, 1.165) is 35.4 Å². The molecule has 0 bridgehead atoms. The van der Waals surface area contributed by atoms with Gasteiger partial charge >= 0.3 is 18.0 Å². The van der Waals surface area contributed by atoms with Gasteiger partial charge in [-0.25, -0.2) is 18.8 Å². The van der Waals surface area contributed by atoms with E-state index in [2.05, 4.69) is 27.3 Å². The number of aliphatic hydroxyl groups excluding tert-OH is 2. The van der Waals surface area contributed by atoms with Gasteiger partial charge in [-0.1, -0.05) is 41.4 Å². The van der Waals surface area contributed by atoms with Crippen LogP contribution in [0.4, 0.5) is 31.0 Å². The Bertz CT molecular complexity index is 2200. The molecule has 2 saturated heterocycles. The molecule has 3 fully saturated rings. The van der Waals surface area contributed by atoms with Crippen LogP contribution < -0.4 is 21.3 Å². The van der Waals surface area contributed by atoms with Gasteiger partial charge in [-0.3, -0.25) is 4.79 Å². The van der Waals surface area contributed by atoms with Gasteiger partial charge in [0, 0.05) is 47.4 Å². The summed E-state index contributed by atoms with van der Waals surface area (Å²) in [5.74, 6) is -1.77. The summed E-state index contributed by atoms with van der Waals surface area (Å²) in [6.07, 6.45) is 0.663. The first-order chi connectivity index (χ1) is 28.3. The molecule has 17 heteroatoms. The predicted octanol–water partition coefficient (Wildman–Crippen LogP) is 6.44. The second-order valence-electron chi connectivity index (χ2n) is 14.6. The molecule has 3 aliphatic rings. The number of urea groups is 2. The smallest absolute Gasteiger partial charge is 0.326 e. The quantitative estimate of drug-likeness (QED) is 0.0937. The van der Waals surface area contributed by atoms with E-state index in [-0.39, 0.29) is 37.7 Å². The molecule has 5 amide bonds. The van der Waals surface area contributed by atoms with Crippen LogP contribution in [0.1, 0.15) is 48.4 Å². The maximum atomic E-state index is 14.9. The summed E-state index contributed by atoms with van der Waals surface area (Å²) in [6, 6.07) is 23.4. The van der Waals surface area contributed by atoms with Gasteiger partial charge in [0.2, 0.25) is 5.91 Å². The Balaban J connectivity index is 0.000000257. The number of benzene rings is 4. The van der Waals surface area contributed by atoms with Gasteiger partial charge in [0.05, 0.1) is 35.6 Å². The molecule has 2 heterocycles. The van der Waals surface area contributed by atoms with Crippen LogP contribution in [0.3, 0.4) is 0 Å². The molecule has 0 spiro atoms. The molecule has 2 aliphatic heterocycles. The van der Waals surface area contributed by atoms with Crippen LogP contribution in [0.5, 0.6) is 0 Å². The van der Waals surface area contributed by atoms with Crippen molar-refractivity contribution in [3.05, 3.63) is 124 Å². The number of carboxylic acid groups (broad SMARTS) is 1. The first-order valence-electron chi connectivity index (χ1n) is 18.9. The fraction of sp³-hybridized carbons (Fsp3) is 0.310. The molecule has 7 N–H and O–H groups in total. The number of aliphatic hydroxyl groups is 2. The minimum Gasteiger partial charge on any atom is -0.480 e. The summed E-state index contributed by atoms with van der Waals surface area (Å²) in [7, 11) is 0. The Hall–Kier alpha value is -5.76. The molecule has 1 saturated carbocycles. The van der Waals surface area contributed by atoms with E-state index < -0.39 is 54.0 Å². The van der Waals surface area contributed by atoms with Crippen molar-refractivity contribution in [2.75, 3.05) is 35.6 Å². The molecule has 7 rings (SSSR count). The highest BCUT2D eigenvalue weighted by molar-refractivity contribution is 6.31. The molecule has 308 valence electrons. The maximum Gasteiger partial charge on any atom is 0.326 e. The molecule has 5 atom stereocenters. The summed E-state index contributed by atoms with van der Waals surface area (Å²) < 4.78 is 14.9. The fourth-order valence-corrected chi connectivity index (χ4v) is 7.12. The second-order valence-corrected chi connectivity index (χ2v) is 15.5. The van der Waals surface area contributed by atoms with Crippen molar-refractivity contribution in [1.82, 2.24) is 15.1 Å². The lowest BCUT2D eigenvalue weighted by molar-refractivity contribution is -0.141. The molecule has 1 aliphatic carbocycles. The van der Waals surface area contributed by atoms with Crippen LogP contribution in [0, 0.1) is 23.1 Å². The molecule has 4 aromatic carbocycles. The molecule has 1 unspecified atom stereocenters. The highest BCUT2D eigenvalue weighted by atomic mass is 35.5. The summed E-state index contributed by atoms with van der Waals surface area (Å²) in [4.78, 5) is 51.6. The summed E-state index contributed by atoms with van der Waals surface area (Å²) in [5, 5.41) is 50.6. The Morgan fingerprint density at radius 1 is 0.763 bits per heavy atom. The standard InChI is InChI=1S/C30H29ClFN5O3.C12H13ClN2O4/c31-22-7-9-23(10-8-22)35-30(40)37-17-24(38)14-27(37)29(39)36-26-13-21(6-11-25(26)32)28(34-16-18-4-5-18)20-3-1-2-19(12-20)15-33;13-7-1-3-8(4-2-7)14-12(19)15-6-9(16)5-10(15)11(17)18/h1-3,6-13,18,24,27-28,34,38H,4-5,14,16-17H2,(H,35,40)(H,36,39);1-4,9-10,16H,5-6H2,(H,14,19)(H,17,18)/t24-,27-,28?;9-,10-/m11/s1. The number of rotatable bonds is 10. The molecule has 0 radical (unpaired) electrons. The van der Waals surface area contributed by atoms with Crippen LogP contribution in [0.25, 0.3) is 0 Å². The zero-order valence-electron chi connectivity index (χ0n) is 31.5. The van der Waals surface area contributed by atoms with Crippen LogP contribution in [-0.2, 0) is 9.59 Å². The van der Waals surface area contributed by atoms with E-state index in [1.807, 2.05) is 6.07 Å². The van der Waals surface area contributed by atoms with Crippen LogP contribution in [0.2, 0.25) is 10.0 Å². The van der Waals surface area contributed by atoms with Crippen molar-refractivity contribution < 1.29 is 38.9 Å². The molecule has 4 aromatic rings. The van der Waals surface area contributed by atoms with Gasteiger partial charge in [-0.05, 0) is 109 Å². The number of β-amino-alcohol motifs (C(OH)–C–C–N with tert-alkyl or cyclic N) is 2. The number of nitrogens with one attached hydrogen (secondary N) is 4. The SMILES string of the molecule is N#Cc1cccc(C(NCC2CC2)c2ccc(F)c(NC(=O)[C@H]3C[C@@H](O)CN3C(=O)Nc3ccc(Cl)cc3)c2)c1.O=C(O)[C@H]1C[C@@H](O)CN1C(=O)Nc1ccc(Cl)cc1. The topological polar surface area (TPSA) is 207 Å². The van der Waals surface area contributed by atoms with E-state index in [4.69, 9.17) is 28.3 Å². The second kappa shape index (κ2) is 19.3. The van der Waals surface area contributed by atoms with Gasteiger partial charge in [-0.2, -0.15) is 5.26 Å². The maximum absolute atomic E-state index is 14.9. The summed E-state index contributed by atoms with van der Waals surface area (Å²) in [5.41, 5.74) is 3.06. The number of carbonyl (C=O) groups excluding carboxylic acids is 3. The first kappa shape index (κ1) is 42.8. The number of halogens is 3. The minimum absolute atomic E-state index is 0.0103. The zero-order valence-corrected chi connectivity index (χ0v) is 33.0. The lowest BCUT2D eigenvalue weighted by Crippen LogP contribution is -2.45. The van der Waals surface area contributed by atoms with E-state index in [0.29, 0.717) is 32.9 Å². The van der Waals surface area contributed by atoms with E-state index in [9.17, 15) is 39.0 Å². The molecular formula is C42H42Cl2FN7O7. The molecular weight excluding hydrogens is 804 g/mol. The van der Waals surface area contributed by atoms with Gasteiger partial charge in [0.25, 0.3) is 0 Å². The molecule has 0 aromatic heterocycles. The van der Waals surface area contributed by atoms with E-state index in [1.165, 1.54) is 11.0 Å². The Kier molecular flexibility index (Phi) is 14.0.